The smallest absolute Gasteiger partial charge is 0.265 e. The molecule has 6 nitrogen and oxygen atoms in total. The second-order valence-corrected chi connectivity index (χ2v) is 8.94. The first-order valence-electron chi connectivity index (χ1n) is 9.59. The molecule has 1 unspecified atom stereocenters. The molecule has 1 aliphatic heterocycles. The van der Waals surface area contributed by atoms with Gasteiger partial charge in [0.15, 0.2) is 11.5 Å². The number of methoxy groups -OCH3 is 1. The predicted molar refractivity (Wildman–Crippen MR) is 117 cm³/mol. The highest BCUT2D eigenvalue weighted by Gasteiger charge is 2.36. The van der Waals surface area contributed by atoms with Crippen molar-refractivity contribution in [2.24, 2.45) is 0 Å². The van der Waals surface area contributed by atoms with Gasteiger partial charge in [-0.3, -0.25) is 4.31 Å². The van der Waals surface area contributed by atoms with Gasteiger partial charge in [0.1, 0.15) is 12.7 Å². The van der Waals surface area contributed by atoms with E-state index in [1.54, 1.807) is 37.5 Å². The van der Waals surface area contributed by atoms with E-state index in [1.807, 2.05) is 30.3 Å². The predicted octanol–water partition coefficient (Wildman–Crippen LogP) is 3.53. The van der Waals surface area contributed by atoms with Gasteiger partial charge < -0.3 is 14.6 Å². The molecule has 0 fully saturated rings. The molecule has 3 aromatic carbocycles. The first-order valence-corrected chi connectivity index (χ1v) is 11.0. The molecule has 1 aliphatic rings. The number of aliphatic hydroxyl groups excluding tert-OH is 1. The van der Waals surface area contributed by atoms with E-state index in [0.717, 1.165) is 10.9 Å². The molecule has 0 spiro atoms. The maximum Gasteiger partial charge on any atom is 0.265 e. The van der Waals surface area contributed by atoms with Gasteiger partial charge in [0.25, 0.3) is 10.0 Å². The maximum atomic E-state index is 13.0. The third kappa shape index (κ3) is 3.51. The average Bonchev–Trinajstić information content (AvgIpc) is 2.96. The highest BCUT2D eigenvalue weighted by molar-refractivity contribution is 7.93. The number of benzene rings is 3. The normalized spacial score (nSPS) is 15.2. The highest BCUT2D eigenvalue weighted by atomic mass is 32.2. The number of sulfonamides is 1. The molecule has 4 rings (SSSR count). The number of β-amino-alcohol motifs (C(OH)–C–C–N with tert-alkyl or cyclic N) is 1. The molecule has 1 N–H and O–H groups in total. The summed E-state index contributed by atoms with van der Waals surface area (Å²) in [5, 5.41) is 12.1. The van der Waals surface area contributed by atoms with Crippen molar-refractivity contribution in [1.82, 2.24) is 0 Å². The van der Waals surface area contributed by atoms with Crippen LogP contribution in [0.15, 0.2) is 72.1 Å². The number of aliphatic hydroxyl groups is 1. The van der Waals surface area contributed by atoms with E-state index in [1.165, 1.54) is 4.31 Å². The molecule has 156 valence electrons. The average molecular weight is 426 g/mol. The molecule has 3 aromatic rings. The fourth-order valence-electron chi connectivity index (χ4n) is 3.71. The van der Waals surface area contributed by atoms with Gasteiger partial charge in [0, 0.05) is 5.39 Å². The first kappa shape index (κ1) is 20.3. The standard InChI is InChI=1S/C23H23NO5S/c1-3-6-16-11-12-20(21(13-16)28-2)29-15-18(25)14-24-19-9-4-7-17-8-5-10-22(23(17)19)30(24,26)27/h3-5,7-13,18,25H,1,6,14-15H2,2H3. The van der Waals surface area contributed by atoms with Crippen molar-refractivity contribution in [2.75, 3.05) is 24.6 Å². The summed E-state index contributed by atoms with van der Waals surface area (Å²) in [6.07, 6.45) is 1.48. The summed E-state index contributed by atoms with van der Waals surface area (Å²) >= 11 is 0. The zero-order valence-corrected chi connectivity index (χ0v) is 17.4. The molecule has 30 heavy (non-hydrogen) atoms. The summed E-state index contributed by atoms with van der Waals surface area (Å²) in [7, 11) is -2.17. The number of allylic oxidation sites excluding steroid dienone is 1. The number of hydrogen-bond acceptors (Lipinski definition) is 5. The van der Waals surface area contributed by atoms with Crippen molar-refractivity contribution in [2.45, 2.75) is 17.4 Å². The third-order valence-electron chi connectivity index (χ3n) is 5.10. The maximum absolute atomic E-state index is 13.0. The van der Waals surface area contributed by atoms with Crippen LogP contribution in [0.2, 0.25) is 0 Å². The minimum atomic E-state index is -3.72. The van der Waals surface area contributed by atoms with Crippen LogP contribution in [-0.4, -0.2) is 39.9 Å². The summed E-state index contributed by atoms with van der Waals surface area (Å²) in [6, 6.07) is 16.2. The van der Waals surface area contributed by atoms with Crippen molar-refractivity contribution in [1.29, 1.82) is 0 Å². The lowest BCUT2D eigenvalue weighted by Gasteiger charge is -2.22. The fraction of sp³-hybridized carbons (Fsp3) is 0.217. The van der Waals surface area contributed by atoms with Gasteiger partial charge in [-0.25, -0.2) is 8.42 Å². The van der Waals surface area contributed by atoms with Crippen molar-refractivity contribution >= 4 is 26.5 Å². The Kier molecular flexibility index (Phi) is 5.40. The minimum Gasteiger partial charge on any atom is -0.493 e. The topological polar surface area (TPSA) is 76.1 Å². The van der Waals surface area contributed by atoms with Crippen LogP contribution in [0.5, 0.6) is 11.5 Å². The second kappa shape index (κ2) is 8.01. The minimum absolute atomic E-state index is 0.0739. The van der Waals surface area contributed by atoms with Crippen LogP contribution in [0.4, 0.5) is 5.69 Å². The Balaban J connectivity index is 1.51. The van der Waals surface area contributed by atoms with Crippen LogP contribution in [0, 0.1) is 0 Å². The Morgan fingerprint density at radius 2 is 1.90 bits per heavy atom. The van der Waals surface area contributed by atoms with E-state index in [2.05, 4.69) is 6.58 Å². The summed E-state index contributed by atoms with van der Waals surface area (Å²) in [4.78, 5) is 0.267. The van der Waals surface area contributed by atoms with Crippen LogP contribution < -0.4 is 13.8 Å². The summed E-state index contributed by atoms with van der Waals surface area (Å²) in [5.74, 6) is 1.03. The molecule has 0 saturated heterocycles. The van der Waals surface area contributed by atoms with E-state index in [4.69, 9.17) is 9.47 Å². The Morgan fingerprint density at radius 1 is 1.13 bits per heavy atom. The zero-order chi connectivity index (χ0) is 21.3. The van der Waals surface area contributed by atoms with Gasteiger partial charge in [-0.15, -0.1) is 6.58 Å². The zero-order valence-electron chi connectivity index (χ0n) is 16.6. The van der Waals surface area contributed by atoms with Gasteiger partial charge in [0.05, 0.1) is 24.2 Å². The monoisotopic (exact) mass is 425 g/mol. The van der Waals surface area contributed by atoms with Crippen molar-refractivity contribution in [3.63, 3.8) is 0 Å². The van der Waals surface area contributed by atoms with Crippen LogP contribution >= 0.6 is 0 Å². The second-order valence-electron chi connectivity index (χ2n) is 7.11. The van der Waals surface area contributed by atoms with Gasteiger partial charge in [-0.05, 0) is 41.6 Å². The lowest BCUT2D eigenvalue weighted by atomic mass is 10.1. The van der Waals surface area contributed by atoms with Crippen LogP contribution in [0.25, 0.3) is 10.8 Å². The number of rotatable bonds is 8. The van der Waals surface area contributed by atoms with Crippen molar-refractivity contribution in [3.05, 3.63) is 72.8 Å². The molecule has 1 heterocycles. The van der Waals surface area contributed by atoms with Gasteiger partial charge in [-0.1, -0.05) is 36.4 Å². The van der Waals surface area contributed by atoms with Gasteiger partial charge >= 0.3 is 0 Å². The molecular formula is C23H23NO5S. The molecule has 1 atom stereocenters. The van der Waals surface area contributed by atoms with Crippen LogP contribution in [-0.2, 0) is 16.4 Å². The summed E-state index contributed by atoms with van der Waals surface area (Å²) < 4.78 is 38.4. The van der Waals surface area contributed by atoms with Gasteiger partial charge in [0.2, 0.25) is 0 Å². The van der Waals surface area contributed by atoms with E-state index < -0.39 is 16.1 Å². The highest BCUT2D eigenvalue weighted by Crippen LogP contribution is 2.42. The first-order chi connectivity index (χ1) is 14.5. The SMILES string of the molecule is C=CCc1ccc(OCC(O)CN2c3cccc4cccc(c34)S2(=O)=O)c(OC)c1. The molecule has 7 heteroatoms. The molecule has 0 saturated carbocycles. The van der Waals surface area contributed by atoms with Crippen LogP contribution in [0.3, 0.4) is 0 Å². The Bertz CT molecular complexity index is 1200. The molecule has 0 amide bonds. The molecule has 0 aliphatic carbocycles. The largest absolute Gasteiger partial charge is 0.493 e. The van der Waals surface area contributed by atoms with Crippen LogP contribution in [0.1, 0.15) is 5.56 Å². The molecular weight excluding hydrogens is 402 g/mol. The van der Waals surface area contributed by atoms with E-state index >= 15 is 0 Å². The van der Waals surface area contributed by atoms with E-state index in [-0.39, 0.29) is 18.0 Å². The quantitative estimate of drug-likeness (QED) is 0.559. The third-order valence-corrected chi connectivity index (χ3v) is 6.92. The molecule has 0 radical (unpaired) electrons. The van der Waals surface area contributed by atoms with Gasteiger partial charge in [-0.2, -0.15) is 0 Å². The number of anilines is 1. The lowest BCUT2D eigenvalue weighted by Crippen LogP contribution is -2.37. The molecule has 0 bridgehead atoms. The number of ether oxygens (including phenoxy) is 2. The number of hydrogen-bond donors (Lipinski definition) is 1. The number of nitrogens with zero attached hydrogens (tertiary/aromatic N) is 1. The van der Waals surface area contributed by atoms with Crippen molar-refractivity contribution in [3.8, 4) is 11.5 Å². The lowest BCUT2D eigenvalue weighted by molar-refractivity contribution is 0.113. The Hall–Kier alpha value is -3.03. The van der Waals surface area contributed by atoms with E-state index in [0.29, 0.717) is 29.0 Å². The summed E-state index contributed by atoms with van der Waals surface area (Å²) in [6.45, 7) is 3.55. The molecule has 0 aromatic heterocycles. The van der Waals surface area contributed by atoms with E-state index in [9.17, 15) is 13.5 Å². The fourth-order valence-corrected chi connectivity index (χ4v) is 5.46. The van der Waals surface area contributed by atoms with Crippen molar-refractivity contribution < 1.29 is 23.0 Å². The Labute approximate surface area is 176 Å². The Morgan fingerprint density at radius 3 is 2.63 bits per heavy atom. The summed E-state index contributed by atoms with van der Waals surface area (Å²) in [5.41, 5.74) is 1.61.